The normalized spacial score (nSPS) is 14.7. The van der Waals surface area contributed by atoms with Crippen LogP contribution in [0.2, 0.25) is 0 Å². The number of carbonyl (C=O) groups is 1. The van der Waals surface area contributed by atoms with Gasteiger partial charge in [0, 0.05) is 12.4 Å². The predicted molar refractivity (Wildman–Crippen MR) is 74.6 cm³/mol. The topological polar surface area (TPSA) is 68.3 Å². The highest BCUT2D eigenvalue weighted by atomic mass is 32.2. The summed E-state index contributed by atoms with van der Waals surface area (Å²) in [6, 6.07) is 3.25. The number of rotatable bonds is 5. The van der Waals surface area contributed by atoms with Crippen LogP contribution in [0.5, 0.6) is 0 Å². The van der Waals surface area contributed by atoms with Crippen LogP contribution in [0.15, 0.2) is 24.5 Å². The monoisotopic (exact) mass is 284 g/mol. The van der Waals surface area contributed by atoms with E-state index in [1.807, 2.05) is 26.8 Å². The van der Waals surface area contributed by atoms with Crippen molar-refractivity contribution in [2.75, 3.05) is 7.11 Å². The van der Waals surface area contributed by atoms with Crippen LogP contribution >= 0.6 is 0 Å². The quantitative estimate of drug-likeness (QED) is 0.836. The number of hydrogen-bond acceptors (Lipinski definition) is 4. The first kappa shape index (κ1) is 15.8. The van der Waals surface area contributed by atoms with Gasteiger partial charge < -0.3 is 4.74 Å². The molecule has 0 unspecified atom stereocenters. The zero-order valence-corrected chi connectivity index (χ0v) is 12.5. The molecule has 1 heterocycles. The Morgan fingerprint density at radius 2 is 2.21 bits per heavy atom. The Hall–Kier alpha value is -1.27. The van der Waals surface area contributed by atoms with Gasteiger partial charge in [-0.3, -0.25) is 9.78 Å². The van der Waals surface area contributed by atoms with E-state index in [0.29, 0.717) is 0 Å². The molecule has 0 saturated heterocycles. The highest BCUT2D eigenvalue weighted by molar-refractivity contribution is 7.84. The van der Waals surface area contributed by atoms with Gasteiger partial charge in [0.2, 0.25) is 0 Å². The second-order valence-electron chi connectivity index (χ2n) is 5.12. The SMILES string of the molecule is COC(=O)C[C@H](N[S@](=O)C(C)(C)C)c1cccnc1. The lowest BCUT2D eigenvalue weighted by Crippen LogP contribution is -2.36. The standard InChI is InChI=1S/C13H20N2O3S/c1-13(2,3)19(17)15-11(8-12(16)18-4)10-6-5-7-14-9-10/h5-7,9,11,15H,8H2,1-4H3/t11-,19+/m0/s1. The highest BCUT2D eigenvalue weighted by Gasteiger charge is 2.25. The van der Waals surface area contributed by atoms with Crippen LogP contribution < -0.4 is 4.72 Å². The molecule has 1 aromatic rings. The van der Waals surface area contributed by atoms with E-state index in [2.05, 4.69) is 14.4 Å². The van der Waals surface area contributed by atoms with Gasteiger partial charge in [-0.15, -0.1) is 0 Å². The van der Waals surface area contributed by atoms with Crippen molar-refractivity contribution in [1.82, 2.24) is 9.71 Å². The Morgan fingerprint density at radius 3 is 2.68 bits per heavy atom. The van der Waals surface area contributed by atoms with E-state index in [0.717, 1.165) is 5.56 Å². The molecule has 1 rings (SSSR count). The number of methoxy groups -OCH3 is 1. The van der Waals surface area contributed by atoms with Gasteiger partial charge >= 0.3 is 5.97 Å². The first-order chi connectivity index (χ1) is 8.84. The minimum Gasteiger partial charge on any atom is -0.469 e. The molecule has 0 aromatic carbocycles. The number of hydrogen-bond donors (Lipinski definition) is 1. The van der Waals surface area contributed by atoms with Gasteiger partial charge in [0.1, 0.15) is 0 Å². The molecule has 0 aliphatic heterocycles. The third-order valence-electron chi connectivity index (χ3n) is 2.49. The van der Waals surface area contributed by atoms with Crippen molar-refractivity contribution in [3.8, 4) is 0 Å². The summed E-state index contributed by atoms with van der Waals surface area (Å²) in [4.78, 5) is 15.5. The maximum absolute atomic E-state index is 12.1. The molecular weight excluding hydrogens is 264 g/mol. The Balaban J connectivity index is 2.88. The molecule has 19 heavy (non-hydrogen) atoms. The first-order valence-electron chi connectivity index (χ1n) is 5.99. The van der Waals surface area contributed by atoms with Gasteiger partial charge in [-0.2, -0.15) is 0 Å². The molecule has 6 heteroatoms. The Labute approximate surface area is 116 Å². The van der Waals surface area contributed by atoms with Crippen molar-refractivity contribution < 1.29 is 13.7 Å². The zero-order chi connectivity index (χ0) is 14.5. The number of aromatic nitrogens is 1. The fourth-order valence-corrected chi connectivity index (χ4v) is 2.20. The maximum Gasteiger partial charge on any atom is 0.307 e. The largest absolute Gasteiger partial charge is 0.469 e. The van der Waals surface area contributed by atoms with Crippen LogP contribution in [0.25, 0.3) is 0 Å². The summed E-state index contributed by atoms with van der Waals surface area (Å²) in [5.74, 6) is -0.354. The van der Waals surface area contributed by atoms with E-state index in [1.165, 1.54) is 7.11 Å². The van der Waals surface area contributed by atoms with Gasteiger partial charge in [0.05, 0.1) is 35.3 Å². The minimum atomic E-state index is -1.27. The van der Waals surface area contributed by atoms with Crippen molar-refractivity contribution in [3.63, 3.8) is 0 Å². The van der Waals surface area contributed by atoms with Crippen LogP contribution in [0.3, 0.4) is 0 Å². The van der Waals surface area contributed by atoms with E-state index < -0.39 is 15.7 Å². The highest BCUT2D eigenvalue weighted by Crippen LogP contribution is 2.20. The summed E-state index contributed by atoms with van der Waals surface area (Å²) in [5.41, 5.74) is 0.811. The molecule has 5 nitrogen and oxygen atoms in total. The van der Waals surface area contributed by atoms with E-state index in [4.69, 9.17) is 0 Å². The van der Waals surface area contributed by atoms with Gasteiger partial charge in [-0.05, 0) is 32.4 Å². The smallest absolute Gasteiger partial charge is 0.307 e. The molecule has 0 aliphatic carbocycles. The Bertz CT molecular complexity index is 443. The maximum atomic E-state index is 12.1. The molecule has 1 N–H and O–H groups in total. The molecule has 0 spiro atoms. The summed E-state index contributed by atoms with van der Waals surface area (Å²) in [5, 5.41) is 0. The predicted octanol–water partition coefficient (Wildman–Crippen LogP) is 1.74. The van der Waals surface area contributed by atoms with Crippen molar-refractivity contribution in [2.45, 2.75) is 38.0 Å². The Morgan fingerprint density at radius 1 is 1.53 bits per heavy atom. The number of nitrogens with zero attached hydrogens (tertiary/aromatic N) is 1. The molecule has 0 bridgehead atoms. The fraction of sp³-hybridized carbons (Fsp3) is 0.538. The molecular formula is C13H20N2O3S. The lowest BCUT2D eigenvalue weighted by molar-refractivity contribution is -0.141. The number of esters is 1. The van der Waals surface area contributed by atoms with Gasteiger partial charge in [-0.25, -0.2) is 8.93 Å². The second kappa shape index (κ2) is 6.77. The second-order valence-corrected chi connectivity index (χ2v) is 7.12. The van der Waals surface area contributed by atoms with Crippen molar-refractivity contribution >= 4 is 17.0 Å². The van der Waals surface area contributed by atoms with E-state index in [9.17, 15) is 9.00 Å². The molecule has 0 radical (unpaired) electrons. The van der Waals surface area contributed by atoms with Gasteiger partial charge in [-0.1, -0.05) is 6.07 Å². The summed E-state index contributed by atoms with van der Waals surface area (Å²) < 4.78 is 19.4. The number of carbonyl (C=O) groups excluding carboxylic acids is 1. The van der Waals surface area contributed by atoms with Crippen molar-refractivity contribution in [3.05, 3.63) is 30.1 Å². The lowest BCUT2D eigenvalue weighted by Gasteiger charge is -2.23. The van der Waals surface area contributed by atoms with Crippen molar-refractivity contribution in [2.24, 2.45) is 0 Å². The molecule has 0 aliphatic rings. The zero-order valence-electron chi connectivity index (χ0n) is 11.7. The number of ether oxygens (including phenoxy) is 1. The minimum absolute atomic E-state index is 0.115. The van der Waals surface area contributed by atoms with Crippen molar-refractivity contribution in [1.29, 1.82) is 0 Å². The summed E-state index contributed by atoms with van der Waals surface area (Å²) in [6.07, 6.45) is 3.42. The molecule has 0 amide bonds. The molecule has 106 valence electrons. The molecule has 0 saturated carbocycles. The van der Waals surface area contributed by atoms with Gasteiger partial charge in [0.25, 0.3) is 0 Å². The van der Waals surface area contributed by atoms with Gasteiger partial charge in [0.15, 0.2) is 0 Å². The third-order valence-corrected chi connectivity index (χ3v) is 4.10. The van der Waals surface area contributed by atoms with E-state index >= 15 is 0 Å². The van der Waals surface area contributed by atoms with Crippen LogP contribution in [0.4, 0.5) is 0 Å². The van der Waals surface area contributed by atoms with Crippen LogP contribution in [-0.2, 0) is 20.5 Å². The number of pyridine rings is 1. The average molecular weight is 284 g/mol. The summed E-state index contributed by atoms with van der Waals surface area (Å²) in [6.45, 7) is 5.61. The number of nitrogens with one attached hydrogen (secondary N) is 1. The summed E-state index contributed by atoms with van der Waals surface area (Å²) in [7, 11) is 0.0648. The third kappa shape index (κ3) is 5.08. The van der Waals surface area contributed by atoms with Crippen LogP contribution in [0.1, 0.15) is 38.8 Å². The average Bonchev–Trinajstić information content (AvgIpc) is 2.37. The molecule has 2 atom stereocenters. The lowest BCUT2D eigenvalue weighted by atomic mass is 10.1. The van der Waals surface area contributed by atoms with Crippen LogP contribution in [-0.4, -0.2) is 27.0 Å². The fourth-order valence-electron chi connectivity index (χ4n) is 1.37. The van der Waals surface area contributed by atoms with E-state index in [-0.39, 0.29) is 18.4 Å². The Kier molecular flexibility index (Phi) is 5.62. The molecule has 1 aromatic heterocycles. The first-order valence-corrected chi connectivity index (χ1v) is 7.14. The molecule has 0 fully saturated rings. The van der Waals surface area contributed by atoms with Crippen LogP contribution in [0, 0.1) is 0 Å². The van der Waals surface area contributed by atoms with E-state index in [1.54, 1.807) is 18.5 Å². The summed E-state index contributed by atoms with van der Waals surface area (Å²) >= 11 is 0.